The normalized spacial score (nSPS) is 20.8. The van der Waals surface area contributed by atoms with E-state index in [-0.39, 0.29) is 12.0 Å². The molecule has 2 aliphatic rings. The maximum Gasteiger partial charge on any atom is 0.226 e. The van der Waals surface area contributed by atoms with Gasteiger partial charge in [0.1, 0.15) is 0 Å². The summed E-state index contributed by atoms with van der Waals surface area (Å²) >= 11 is 0. The number of carbonyl (C=O) groups excluding carboxylic acids is 1. The van der Waals surface area contributed by atoms with Gasteiger partial charge in [-0.3, -0.25) is 4.79 Å². The number of hydrogen-bond acceptors (Lipinski definition) is 3. The molecular weight excluding hydrogens is 374 g/mol. The highest BCUT2D eigenvalue weighted by Crippen LogP contribution is 2.38. The highest BCUT2D eigenvalue weighted by Gasteiger charge is 2.40. The van der Waals surface area contributed by atoms with Crippen LogP contribution in [0.2, 0.25) is 0 Å². The van der Waals surface area contributed by atoms with E-state index in [0.717, 1.165) is 38.7 Å². The zero-order valence-corrected chi connectivity index (χ0v) is 18.2. The molecule has 0 spiro atoms. The average Bonchev–Trinajstić information content (AvgIpc) is 3.27. The summed E-state index contributed by atoms with van der Waals surface area (Å²) in [6.45, 7) is 6.98. The first-order chi connectivity index (χ1) is 14.6. The Hall–Kier alpha value is -2.17. The van der Waals surface area contributed by atoms with Gasteiger partial charge in [-0.15, -0.1) is 0 Å². The molecule has 1 unspecified atom stereocenters. The topological polar surface area (TPSA) is 47.6 Å². The van der Waals surface area contributed by atoms with Gasteiger partial charge in [0, 0.05) is 26.4 Å². The van der Waals surface area contributed by atoms with Crippen molar-refractivity contribution in [3.63, 3.8) is 0 Å². The monoisotopic (exact) mass is 407 g/mol. The number of carbonyl (C=O) groups is 1. The van der Waals surface area contributed by atoms with Gasteiger partial charge in [-0.25, -0.2) is 0 Å². The van der Waals surface area contributed by atoms with Gasteiger partial charge >= 0.3 is 0 Å². The predicted octanol–water partition coefficient (Wildman–Crippen LogP) is 4.60. The predicted molar refractivity (Wildman–Crippen MR) is 120 cm³/mol. The van der Waals surface area contributed by atoms with Crippen LogP contribution in [0.15, 0.2) is 42.5 Å². The van der Waals surface area contributed by atoms with E-state index >= 15 is 0 Å². The van der Waals surface area contributed by atoms with E-state index in [0.29, 0.717) is 19.8 Å². The molecule has 1 atom stereocenters. The molecule has 0 bridgehead atoms. The quantitative estimate of drug-likeness (QED) is 0.761. The molecule has 2 aromatic carbocycles. The van der Waals surface area contributed by atoms with Gasteiger partial charge in [-0.2, -0.15) is 0 Å². The molecule has 30 heavy (non-hydrogen) atoms. The van der Waals surface area contributed by atoms with Gasteiger partial charge in [-0.05, 0) is 68.2 Å². The standard InChI is InChI=1S/C26H33NO3/c1-19-9-10-23(20(2)16-19)24-8-4-3-6-21(24)17-26(11-14-29-15-12-26)25(28)27-18-22-7-5-13-30-22/h3-4,6,8-10,16,22H,5,7,11-15,17-18H2,1-2H3,(H,27,28). The third-order valence-electron chi connectivity index (χ3n) is 6.66. The second-order valence-corrected chi connectivity index (χ2v) is 8.89. The van der Waals surface area contributed by atoms with E-state index in [1.54, 1.807) is 0 Å². The van der Waals surface area contributed by atoms with Crippen LogP contribution < -0.4 is 5.32 Å². The Kier molecular flexibility index (Phi) is 6.55. The maximum absolute atomic E-state index is 13.4. The molecule has 4 heteroatoms. The van der Waals surface area contributed by atoms with Crippen LogP contribution in [0.25, 0.3) is 11.1 Å². The highest BCUT2D eigenvalue weighted by molar-refractivity contribution is 5.84. The molecule has 0 radical (unpaired) electrons. The van der Waals surface area contributed by atoms with Crippen LogP contribution >= 0.6 is 0 Å². The molecule has 2 heterocycles. The smallest absolute Gasteiger partial charge is 0.226 e. The van der Waals surface area contributed by atoms with Crippen molar-refractivity contribution < 1.29 is 14.3 Å². The van der Waals surface area contributed by atoms with Crippen molar-refractivity contribution in [1.82, 2.24) is 5.32 Å². The lowest BCUT2D eigenvalue weighted by Gasteiger charge is -2.36. The molecule has 2 aromatic rings. The van der Waals surface area contributed by atoms with Crippen molar-refractivity contribution in [2.75, 3.05) is 26.4 Å². The van der Waals surface area contributed by atoms with Crippen LogP contribution in [-0.2, 0) is 20.7 Å². The molecule has 2 fully saturated rings. The van der Waals surface area contributed by atoms with Crippen molar-refractivity contribution in [3.05, 3.63) is 59.2 Å². The Morgan fingerprint density at radius 1 is 1.07 bits per heavy atom. The molecule has 4 rings (SSSR count). The van der Waals surface area contributed by atoms with E-state index in [1.807, 2.05) is 0 Å². The Morgan fingerprint density at radius 2 is 1.87 bits per heavy atom. The summed E-state index contributed by atoms with van der Waals surface area (Å²) in [5.41, 5.74) is 5.82. The van der Waals surface area contributed by atoms with E-state index in [2.05, 4.69) is 61.6 Å². The lowest BCUT2D eigenvalue weighted by atomic mass is 9.73. The summed E-state index contributed by atoms with van der Waals surface area (Å²) in [4.78, 5) is 13.4. The first-order valence-electron chi connectivity index (χ1n) is 11.2. The second-order valence-electron chi connectivity index (χ2n) is 8.89. The third-order valence-corrected chi connectivity index (χ3v) is 6.66. The zero-order valence-electron chi connectivity index (χ0n) is 18.2. The van der Waals surface area contributed by atoms with Gasteiger partial charge in [0.05, 0.1) is 11.5 Å². The largest absolute Gasteiger partial charge is 0.381 e. The Balaban J connectivity index is 1.60. The van der Waals surface area contributed by atoms with Crippen LogP contribution in [0.1, 0.15) is 42.4 Å². The number of amides is 1. The van der Waals surface area contributed by atoms with E-state index < -0.39 is 5.41 Å². The van der Waals surface area contributed by atoms with E-state index in [4.69, 9.17) is 9.47 Å². The molecule has 160 valence electrons. The molecule has 0 saturated carbocycles. The van der Waals surface area contributed by atoms with Gasteiger partial charge in [0.25, 0.3) is 0 Å². The summed E-state index contributed by atoms with van der Waals surface area (Å²) < 4.78 is 11.3. The Labute approximate surface area is 180 Å². The fraction of sp³-hybridized carbons (Fsp3) is 0.500. The molecule has 0 aliphatic carbocycles. The number of rotatable bonds is 6. The minimum atomic E-state index is -0.425. The number of benzene rings is 2. The van der Waals surface area contributed by atoms with Crippen molar-refractivity contribution in [1.29, 1.82) is 0 Å². The van der Waals surface area contributed by atoms with Crippen molar-refractivity contribution in [3.8, 4) is 11.1 Å². The van der Waals surface area contributed by atoms with Gasteiger partial charge in [0.15, 0.2) is 0 Å². The summed E-state index contributed by atoms with van der Waals surface area (Å²) in [7, 11) is 0. The second kappa shape index (κ2) is 9.32. The fourth-order valence-corrected chi connectivity index (χ4v) is 4.86. The lowest BCUT2D eigenvalue weighted by Crippen LogP contribution is -2.48. The molecule has 2 saturated heterocycles. The highest BCUT2D eigenvalue weighted by atomic mass is 16.5. The Bertz CT molecular complexity index is 880. The summed E-state index contributed by atoms with van der Waals surface area (Å²) in [5.74, 6) is 0.150. The minimum Gasteiger partial charge on any atom is -0.381 e. The molecular formula is C26H33NO3. The summed E-state index contributed by atoms with van der Waals surface area (Å²) in [6.07, 6.45) is 4.52. The summed E-state index contributed by atoms with van der Waals surface area (Å²) in [6, 6.07) is 15.1. The number of aryl methyl sites for hydroxylation is 2. The summed E-state index contributed by atoms with van der Waals surface area (Å²) in [5, 5.41) is 3.21. The van der Waals surface area contributed by atoms with Gasteiger partial charge in [0.2, 0.25) is 5.91 Å². The third kappa shape index (κ3) is 4.60. The van der Waals surface area contributed by atoms with Crippen molar-refractivity contribution >= 4 is 5.91 Å². The van der Waals surface area contributed by atoms with Gasteiger partial charge in [-0.1, -0.05) is 48.0 Å². The molecule has 1 N–H and O–H groups in total. The van der Waals surface area contributed by atoms with Crippen LogP contribution in [0, 0.1) is 19.3 Å². The first-order valence-corrected chi connectivity index (χ1v) is 11.2. The van der Waals surface area contributed by atoms with Gasteiger partial charge < -0.3 is 14.8 Å². The molecule has 1 amide bonds. The van der Waals surface area contributed by atoms with Crippen LogP contribution in [0.4, 0.5) is 0 Å². The molecule has 0 aromatic heterocycles. The first kappa shape index (κ1) is 21.1. The SMILES string of the molecule is Cc1ccc(-c2ccccc2CC2(C(=O)NCC3CCCO3)CCOCC2)c(C)c1. The zero-order chi connectivity index (χ0) is 21.0. The van der Waals surface area contributed by atoms with Crippen molar-refractivity contribution in [2.24, 2.45) is 5.41 Å². The van der Waals surface area contributed by atoms with Crippen LogP contribution in [0.3, 0.4) is 0 Å². The van der Waals surface area contributed by atoms with Crippen LogP contribution in [0.5, 0.6) is 0 Å². The minimum absolute atomic E-state index is 0.150. The molecule has 4 nitrogen and oxygen atoms in total. The lowest BCUT2D eigenvalue weighted by molar-refractivity contribution is -0.137. The number of ether oxygens (including phenoxy) is 2. The maximum atomic E-state index is 13.4. The van der Waals surface area contributed by atoms with Crippen molar-refractivity contribution in [2.45, 2.75) is 52.1 Å². The fourth-order valence-electron chi connectivity index (χ4n) is 4.86. The Morgan fingerprint density at radius 3 is 2.60 bits per heavy atom. The molecule has 2 aliphatic heterocycles. The van der Waals surface area contributed by atoms with Crippen LogP contribution in [-0.4, -0.2) is 38.4 Å². The van der Waals surface area contributed by atoms with E-state index in [9.17, 15) is 4.79 Å². The average molecular weight is 408 g/mol. The number of hydrogen-bond donors (Lipinski definition) is 1. The number of nitrogens with one attached hydrogen (secondary N) is 1. The van der Waals surface area contributed by atoms with E-state index in [1.165, 1.54) is 27.8 Å².